The van der Waals surface area contributed by atoms with Crippen molar-refractivity contribution in [2.45, 2.75) is 37.3 Å². The van der Waals surface area contributed by atoms with E-state index in [4.69, 9.17) is 0 Å². The van der Waals surface area contributed by atoms with Crippen molar-refractivity contribution >= 4 is 34.3 Å². The highest BCUT2D eigenvalue weighted by atomic mass is 32.2. The molecule has 0 amide bonds. The predicted octanol–water partition coefficient (Wildman–Crippen LogP) is 6.18. The molecule has 0 saturated heterocycles. The standard InChI is InChI=1S/C21H26N2S2/c1-3-14-24-21(25-15-4-2,16-23-13-12-22-17-23)20-11-7-9-18-8-5-6-10-19(18)20/h5-13,17H,3-4,14-16H2,1-2H3. The minimum absolute atomic E-state index is 0.00752. The third-order valence-electron chi connectivity index (χ3n) is 4.23. The molecular formula is C21H26N2S2. The van der Waals surface area contributed by atoms with Gasteiger partial charge in [0.2, 0.25) is 0 Å². The van der Waals surface area contributed by atoms with Gasteiger partial charge in [-0.25, -0.2) is 4.98 Å². The SMILES string of the molecule is CCCSC(Cn1ccnc1)(SCCC)c1cccc2ccccc12. The molecule has 1 heterocycles. The van der Waals surface area contributed by atoms with Gasteiger partial charge >= 0.3 is 0 Å². The van der Waals surface area contributed by atoms with Gasteiger partial charge in [-0.2, -0.15) is 0 Å². The molecule has 0 radical (unpaired) electrons. The van der Waals surface area contributed by atoms with E-state index in [-0.39, 0.29) is 4.08 Å². The summed E-state index contributed by atoms with van der Waals surface area (Å²) in [5.41, 5.74) is 1.44. The molecule has 0 unspecified atom stereocenters. The van der Waals surface area contributed by atoms with Crippen LogP contribution < -0.4 is 0 Å². The molecule has 0 fully saturated rings. The van der Waals surface area contributed by atoms with Gasteiger partial charge in [-0.1, -0.05) is 56.3 Å². The Kier molecular flexibility index (Phi) is 6.49. The number of hydrogen-bond donors (Lipinski definition) is 0. The number of fused-ring (bicyclic) bond motifs is 1. The Morgan fingerprint density at radius 3 is 2.36 bits per heavy atom. The van der Waals surface area contributed by atoms with Gasteiger partial charge in [0.15, 0.2) is 0 Å². The summed E-state index contributed by atoms with van der Waals surface area (Å²) in [6.45, 7) is 5.47. The zero-order valence-corrected chi connectivity index (χ0v) is 16.7. The van der Waals surface area contributed by atoms with E-state index in [1.807, 2.05) is 12.5 Å². The Morgan fingerprint density at radius 1 is 0.960 bits per heavy atom. The number of thioether (sulfide) groups is 2. The lowest BCUT2D eigenvalue weighted by molar-refractivity contribution is 0.651. The van der Waals surface area contributed by atoms with Gasteiger partial charge in [0.1, 0.15) is 4.08 Å². The maximum atomic E-state index is 4.27. The fourth-order valence-corrected chi connectivity index (χ4v) is 6.13. The number of nitrogens with zero attached hydrogens (tertiary/aromatic N) is 2. The van der Waals surface area contributed by atoms with Crippen LogP contribution in [0.3, 0.4) is 0 Å². The van der Waals surface area contributed by atoms with Crippen molar-refractivity contribution in [1.82, 2.24) is 9.55 Å². The molecule has 2 nitrogen and oxygen atoms in total. The first-order chi connectivity index (χ1) is 12.3. The lowest BCUT2D eigenvalue weighted by Gasteiger charge is -2.35. The van der Waals surface area contributed by atoms with E-state index in [0.717, 1.165) is 18.1 Å². The highest BCUT2D eigenvalue weighted by molar-refractivity contribution is 8.17. The van der Waals surface area contributed by atoms with E-state index in [1.54, 1.807) is 0 Å². The molecule has 0 atom stereocenters. The van der Waals surface area contributed by atoms with Crippen LogP contribution in [-0.4, -0.2) is 21.1 Å². The molecule has 2 aromatic carbocycles. The summed E-state index contributed by atoms with van der Waals surface area (Å²) in [5, 5.41) is 2.70. The van der Waals surface area contributed by atoms with Crippen molar-refractivity contribution in [2.75, 3.05) is 11.5 Å². The third kappa shape index (κ3) is 4.24. The van der Waals surface area contributed by atoms with Gasteiger partial charge < -0.3 is 4.57 Å². The first-order valence-electron chi connectivity index (χ1n) is 9.01. The van der Waals surface area contributed by atoms with Gasteiger partial charge in [-0.15, -0.1) is 23.5 Å². The summed E-state index contributed by atoms with van der Waals surface area (Å²) < 4.78 is 2.24. The van der Waals surface area contributed by atoms with Crippen LogP contribution >= 0.6 is 23.5 Å². The van der Waals surface area contributed by atoms with Gasteiger partial charge in [0, 0.05) is 12.4 Å². The van der Waals surface area contributed by atoms with Crippen LogP contribution in [0.25, 0.3) is 10.8 Å². The zero-order valence-electron chi connectivity index (χ0n) is 15.0. The molecule has 0 spiro atoms. The van der Waals surface area contributed by atoms with Crippen molar-refractivity contribution in [3.63, 3.8) is 0 Å². The van der Waals surface area contributed by atoms with E-state index in [0.29, 0.717) is 0 Å². The molecule has 0 N–H and O–H groups in total. The Balaban J connectivity index is 2.12. The molecule has 3 aromatic rings. The Bertz CT molecular complexity index is 770. The van der Waals surface area contributed by atoms with Crippen molar-refractivity contribution in [3.05, 3.63) is 66.7 Å². The second kappa shape index (κ2) is 8.81. The van der Waals surface area contributed by atoms with Crippen LogP contribution in [0.5, 0.6) is 0 Å². The van der Waals surface area contributed by atoms with E-state index in [9.17, 15) is 0 Å². The molecule has 0 bridgehead atoms. The van der Waals surface area contributed by atoms with Crippen LogP contribution in [0.4, 0.5) is 0 Å². The van der Waals surface area contributed by atoms with Gasteiger partial charge in [0.25, 0.3) is 0 Å². The number of rotatable bonds is 9. The summed E-state index contributed by atoms with van der Waals surface area (Å²) >= 11 is 4.18. The molecule has 25 heavy (non-hydrogen) atoms. The summed E-state index contributed by atoms with van der Waals surface area (Å²) in [7, 11) is 0. The minimum Gasteiger partial charge on any atom is -0.335 e. The fourth-order valence-electron chi connectivity index (χ4n) is 3.09. The second-order valence-corrected chi connectivity index (χ2v) is 9.26. The quantitative estimate of drug-likeness (QED) is 0.419. The predicted molar refractivity (Wildman–Crippen MR) is 113 cm³/mol. The Labute approximate surface area is 159 Å². The average molecular weight is 371 g/mol. The molecule has 3 rings (SSSR count). The maximum Gasteiger partial charge on any atom is 0.104 e. The highest BCUT2D eigenvalue weighted by Gasteiger charge is 2.35. The normalized spacial score (nSPS) is 11.9. The number of hydrogen-bond acceptors (Lipinski definition) is 3. The molecule has 4 heteroatoms. The van der Waals surface area contributed by atoms with E-state index in [1.165, 1.54) is 29.2 Å². The van der Waals surface area contributed by atoms with Crippen LogP contribution in [-0.2, 0) is 10.6 Å². The molecule has 0 aliphatic rings. The van der Waals surface area contributed by atoms with E-state index < -0.39 is 0 Å². The van der Waals surface area contributed by atoms with E-state index in [2.05, 4.69) is 95.6 Å². The maximum absolute atomic E-state index is 4.27. The molecular weight excluding hydrogens is 344 g/mol. The molecule has 0 aliphatic heterocycles. The summed E-state index contributed by atoms with van der Waals surface area (Å²) in [6.07, 6.45) is 8.28. The average Bonchev–Trinajstić information content (AvgIpc) is 3.16. The lowest BCUT2D eigenvalue weighted by Crippen LogP contribution is -2.26. The van der Waals surface area contributed by atoms with Gasteiger partial charge in [-0.05, 0) is 40.7 Å². The van der Waals surface area contributed by atoms with Crippen molar-refractivity contribution < 1.29 is 0 Å². The van der Waals surface area contributed by atoms with E-state index >= 15 is 0 Å². The van der Waals surface area contributed by atoms with Gasteiger partial charge in [-0.3, -0.25) is 0 Å². The number of benzene rings is 2. The van der Waals surface area contributed by atoms with Crippen LogP contribution in [0, 0.1) is 0 Å². The Morgan fingerprint density at radius 2 is 1.68 bits per heavy atom. The number of aromatic nitrogens is 2. The number of imidazole rings is 1. The highest BCUT2D eigenvalue weighted by Crippen LogP contribution is 2.50. The lowest BCUT2D eigenvalue weighted by atomic mass is 10.0. The summed E-state index contributed by atoms with van der Waals surface area (Å²) in [5.74, 6) is 2.32. The third-order valence-corrected chi connectivity index (χ3v) is 7.79. The molecule has 132 valence electrons. The van der Waals surface area contributed by atoms with Crippen LogP contribution in [0.15, 0.2) is 61.2 Å². The smallest absolute Gasteiger partial charge is 0.104 e. The fraction of sp³-hybridized carbons (Fsp3) is 0.381. The Hall–Kier alpha value is -1.39. The van der Waals surface area contributed by atoms with Crippen molar-refractivity contribution in [3.8, 4) is 0 Å². The minimum atomic E-state index is 0.00752. The molecule has 0 saturated carbocycles. The second-order valence-electron chi connectivity index (χ2n) is 6.21. The summed E-state index contributed by atoms with van der Waals surface area (Å²) in [4.78, 5) is 4.27. The first kappa shape index (κ1) is 18.4. The molecule has 1 aromatic heterocycles. The zero-order chi connectivity index (χ0) is 17.5. The monoisotopic (exact) mass is 370 g/mol. The largest absolute Gasteiger partial charge is 0.335 e. The topological polar surface area (TPSA) is 17.8 Å². The van der Waals surface area contributed by atoms with Crippen molar-refractivity contribution in [1.29, 1.82) is 0 Å². The van der Waals surface area contributed by atoms with Gasteiger partial charge in [0.05, 0.1) is 12.9 Å². The summed E-state index contributed by atoms with van der Waals surface area (Å²) in [6, 6.07) is 15.5. The first-order valence-corrected chi connectivity index (χ1v) is 11.0. The van der Waals surface area contributed by atoms with Crippen molar-refractivity contribution in [2.24, 2.45) is 0 Å². The van der Waals surface area contributed by atoms with Crippen LogP contribution in [0.2, 0.25) is 0 Å². The molecule has 0 aliphatic carbocycles. The van der Waals surface area contributed by atoms with Crippen LogP contribution in [0.1, 0.15) is 32.3 Å².